The zero-order valence-corrected chi connectivity index (χ0v) is 11.4. The van der Waals surface area contributed by atoms with Crippen molar-refractivity contribution in [2.75, 3.05) is 0 Å². The summed E-state index contributed by atoms with van der Waals surface area (Å²) in [7, 11) is -1.20. The Morgan fingerprint density at radius 3 is 1.95 bits per heavy atom. The second-order valence-electron chi connectivity index (χ2n) is 4.11. The number of benzene rings is 2. The number of carbonyl (C=O) groups is 2. The molecular formula is C14H11O5P. The van der Waals surface area contributed by atoms with Crippen LogP contribution in [0.4, 0.5) is 0 Å². The third kappa shape index (κ3) is 2.78. The SMILES string of the molecule is O=[PH2]c1ccccc1-c1cc(C(=O)O)cc(C(=O)O)c1. The molecule has 6 heteroatoms. The first-order chi connectivity index (χ1) is 9.52. The van der Waals surface area contributed by atoms with E-state index in [-0.39, 0.29) is 11.1 Å². The fourth-order valence-corrected chi connectivity index (χ4v) is 2.47. The van der Waals surface area contributed by atoms with Gasteiger partial charge in [-0.2, -0.15) is 0 Å². The molecule has 2 aromatic carbocycles. The van der Waals surface area contributed by atoms with Crippen LogP contribution in [0.15, 0.2) is 42.5 Å². The number of carboxylic acids is 2. The van der Waals surface area contributed by atoms with E-state index in [1.54, 1.807) is 24.3 Å². The Kier molecular flexibility index (Phi) is 4.01. The summed E-state index contributed by atoms with van der Waals surface area (Å²) < 4.78 is 11.2. The molecule has 102 valence electrons. The van der Waals surface area contributed by atoms with Gasteiger partial charge in [0.25, 0.3) is 0 Å². The minimum atomic E-state index is -1.21. The number of hydrogen-bond acceptors (Lipinski definition) is 3. The largest absolute Gasteiger partial charge is 0.478 e. The first-order valence-electron chi connectivity index (χ1n) is 5.69. The molecule has 0 radical (unpaired) electrons. The molecule has 20 heavy (non-hydrogen) atoms. The quantitative estimate of drug-likeness (QED) is 0.842. The van der Waals surface area contributed by atoms with E-state index >= 15 is 0 Å². The average molecular weight is 290 g/mol. The lowest BCUT2D eigenvalue weighted by molar-refractivity contribution is 0.0696. The van der Waals surface area contributed by atoms with E-state index in [1.807, 2.05) is 0 Å². The van der Waals surface area contributed by atoms with E-state index in [4.69, 9.17) is 10.2 Å². The first-order valence-corrected chi connectivity index (χ1v) is 6.74. The van der Waals surface area contributed by atoms with Gasteiger partial charge in [-0.25, -0.2) is 9.59 Å². The lowest BCUT2D eigenvalue weighted by Crippen LogP contribution is -2.05. The second-order valence-corrected chi connectivity index (χ2v) is 4.97. The molecule has 5 nitrogen and oxygen atoms in total. The van der Waals surface area contributed by atoms with Gasteiger partial charge in [-0.15, -0.1) is 0 Å². The van der Waals surface area contributed by atoms with Crippen LogP contribution in [0.1, 0.15) is 20.7 Å². The molecule has 2 N–H and O–H groups in total. The molecule has 0 aliphatic heterocycles. The molecule has 0 aromatic heterocycles. The monoisotopic (exact) mass is 290 g/mol. The first kappa shape index (κ1) is 14.0. The maximum Gasteiger partial charge on any atom is 0.335 e. The predicted molar refractivity (Wildman–Crippen MR) is 75.8 cm³/mol. The maximum absolute atomic E-state index is 11.2. The highest BCUT2D eigenvalue weighted by atomic mass is 31.1. The maximum atomic E-state index is 11.2. The summed E-state index contributed by atoms with van der Waals surface area (Å²) in [6.07, 6.45) is 0. The van der Waals surface area contributed by atoms with Crippen molar-refractivity contribution in [1.29, 1.82) is 0 Å². The Morgan fingerprint density at radius 1 is 0.900 bits per heavy atom. The van der Waals surface area contributed by atoms with Crippen LogP contribution in [-0.2, 0) is 4.57 Å². The van der Waals surface area contributed by atoms with Gasteiger partial charge in [0.1, 0.15) is 0 Å². The number of hydrogen-bond donors (Lipinski definition) is 2. The van der Waals surface area contributed by atoms with E-state index in [1.165, 1.54) is 12.1 Å². The summed E-state index contributed by atoms with van der Waals surface area (Å²) in [5.41, 5.74) is 0.788. The van der Waals surface area contributed by atoms with Crippen LogP contribution in [0.2, 0.25) is 0 Å². The molecular weight excluding hydrogens is 279 g/mol. The molecule has 0 saturated heterocycles. The standard InChI is InChI=1S/C14H11O5P/c15-13(16)9-5-8(6-10(7-9)14(17)18)11-3-1-2-4-12(11)20-19/h1-7H,20H2,(H,15,16)(H,17,18). The van der Waals surface area contributed by atoms with E-state index in [0.717, 1.165) is 6.07 Å². The van der Waals surface area contributed by atoms with E-state index < -0.39 is 20.4 Å². The molecule has 0 amide bonds. The lowest BCUT2D eigenvalue weighted by Gasteiger charge is -2.08. The van der Waals surface area contributed by atoms with Crippen molar-refractivity contribution in [1.82, 2.24) is 0 Å². The van der Waals surface area contributed by atoms with Gasteiger partial charge < -0.3 is 14.8 Å². The van der Waals surface area contributed by atoms with Crippen molar-refractivity contribution in [2.24, 2.45) is 0 Å². The third-order valence-electron chi connectivity index (χ3n) is 2.83. The molecule has 1 atom stereocenters. The topological polar surface area (TPSA) is 91.7 Å². The number of aromatic carboxylic acids is 2. The molecule has 0 saturated carbocycles. The second kappa shape index (κ2) is 5.72. The van der Waals surface area contributed by atoms with Gasteiger partial charge >= 0.3 is 11.9 Å². The Labute approximate surface area is 115 Å². The van der Waals surface area contributed by atoms with Crippen LogP contribution in [0.3, 0.4) is 0 Å². The van der Waals surface area contributed by atoms with Crippen molar-refractivity contribution >= 4 is 25.7 Å². The average Bonchev–Trinajstić information content (AvgIpc) is 2.46. The molecule has 2 aromatic rings. The molecule has 2 rings (SSSR count). The Hall–Kier alpha value is -2.39. The third-order valence-corrected chi connectivity index (χ3v) is 3.58. The van der Waals surface area contributed by atoms with Crippen LogP contribution < -0.4 is 5.30 Å². The Bertz CT molecular complexity index is 676. The van der Waals surface area contributed by atoms with Gasteiger partial charge in [-0.1, -0.05) is 24.3 Å². The Morgan fingerprint density at radius 2 is 1.45 bits per heavy atom. The molecule has 1 unspecified atom stereocenters. The van der Waals surface area contributed by atoms with Gasteiger partial charge in [-0.3, -0.25) is 0 Å². The zero-order valence-electron chi connectivity index (χ0n) is 10.2. The smallest absolute Gasteiger partial charge is 0.335 e. The highest BCUT2D eigenvalue weighted by Crippen LogP contribution is 2.23. The lowest BCUT2D eigenvalue weighted by atomic mass is 9.99. The summed E-state index contributed by atoms with van der Waals surface area (Å²) >= 11 is 0. The number of carboxylic acid groups (broad SMARTS) is 2. The zero-order chi connectivity index (χ0) is 14.7. The summed E-state index contributed by atoms with van der Waals surface area (Å²) in [4.78, 5) is 22.1. The van der Waals surface area contributed by atoms with Gasteiger partial charge in [0, 0.05) is 5.30 Å². The molecule has 0 heterocycles. The molecule has 0 spiro atoms. The van der Waals surface area contributed by atoms with Crippen LogP contribution in [0.25, 0.3) is 11.1 Å². The van der Waals surface area contributed by atoms with Crippen molar-refractivity contribution < 1.29 is 24.4 Å². The fourth-order valence-electron chi connectivity index (χ4n) is 1.89. The van der Waals surface area contributed by atoms with Crippen molar-refractivity contribution in [3.63, 3.8) is 0 Å². The summed E-state index contributed by atoms with van der Waals surface area (Å²) in [5.74, 6) is -2.41. The highest BCUT2D eigenvalue weighted by molar-refractivity contribution is 7.34. The minimum Gasteiger partial charge on any atom is -0.478 e. The fraction of sp³-hybridized carbons (Fsp3) is 0. The van der Waals surface area contributed by atoms with Crippen molar-refractivity contribution in [3.05, 3.63) is 53.6 Å². The van der Waals surface area contributed by atoms with Gasteiger partial charge in [-0.05, 0) is 29.3 Å². The molecule has 0 bridgehead atoms. The normalized spacial score (nSPS) is 10.8. The van der Waals surface area contributed by atoms with Crippen molar-refractivity contribution in [3.8, 4) is 11.1 Å². The summed E-state index contributed by atoms with van der Waals surface area (Å²) in [6, 6.07) is 10.7. The minimum absolute atomic E-state index is 0.115. The molecule has 0 fully saturated rings. The van der Waals surface area contributed by atoms with Crippen LogP contribution in [-0.4, -0.2) is 22.2 Å². The Balaban J connectivity index is 2.70. The summed E-state index contributed by atoms with van der Waals surface area (Å²) in [5, 5.41) is 18.7. The van der Waals surface area contributed by atoms with Crippen LogP contribution in [0, 0.1) is 0 Å². The summed E-state index contributed by atoms with van der Waals surface area (Å²) in [6.45, 7) is 0. The van der Waals surface area contributed by atoms with E-state index in [0.29, 0.717) is 16.4 Å². The van der Waals surface area contributed by atoms with Gasteiger partial charge in [0.2, 0.25) is 0 Å². The van der Waals surface area contributed by atoms with E-state index in [2.05, 4.69) is 0 Å². The predicted octanol–water partition coefficient (Wildman–Crippen LogP) is 2.13. The van der Waals surface area contributed by atoms with Crippen LogP contribution in [0.5, 0.6) is 0 Å². The van der Waals surface area contributed by atoms with Gasteiger partial charge in [0.05, 0.1) is 19.6 Å². The van der Waals surface area contributed by atoms with Crippen molar-refractivity contribution in [2.45, 2.75) is 0 Å². The highest BCUT2D eigenvalue weighted by Gasteiger charge is 2.13. The molecule has 0 aliphatic carbocycles. The number of rotatable bonds is 4. The van der Waals surface area contributed by atoms with Gasteiger partial charge in [0.15, 0.2) is 0 Å². The van der Waals surface area contributed by atoms with Crippen LogP contribution >= 0.6 is 8.46 Å². The molecule has 0 aliphatic rings. The van der Waals surface area contributed by atoms with E-state index in [9.17, 15) is 14.2 Å².